The first kappa shape index (κ1) is 78.8. The molecule has 0 saturated heterocycles. The van der Waals surface area contributed by atoms with Crippen molar-refractivity contribution in [2.24, 2.45) is 0 Å². The van der Waals surface area contributed by atoms with Crippen LogP contribution >= 0.6 is 0 Å². The normalized spacial score (nSPS) is 12.9. The van der Waals surface area contributed by atoms with E-state index in [0.29, 0.717) is 19.3 Å². The molecule has 6 nitrogen and oxygen atoms in total. The Morgan fingerprint density at radius 2 is 0.470 bits per heavy atom. The van der Waals surface area contributed by atoms with Gasteiger partial charge in [-0.15, -0.1) is 0 Å². The van der Waals surface area contributed by atoms with Crippen molar-refractivity contribution in [3.63, 3.8) is 0 Å². The average Bonchev–Trinajstić information content (AvgIpc) is 3.50. The van der Waals surface area contributed by atoms with Gasteiger partial charge in [0.25, 0.3) is 0 Å². The molecule has 1 atom stereocenters. The van der Waals surface area contributed by atoms with Crippen molar-refractivity contribution in [2.75, 3.05) is 13.2 Å². The van der Waals surface area contributed by atoms with Crippen molar-refractivity contribution >= 4 is 17.9 Å². The lowest BCUT2D eigenvalue weighted by Crippen LogP contribution is -2.30. The summed E-state index contributed by atoms with van der Waals surface area (Å²) in [6.07, 6.45) is 97.8. The third kappa shape index (κ3) is 68.5. The van der Waals surface area contributed by atoms with Gasteiger partial charge in [0.2, 0.25) is 0 Å². The van der Waals surface area contributed by atoms with Gasteiger partial charge in [0.1, 0.15) is 13.2 Å². The van der Waals surface area contributed by atoms with Gasteiger partial charge in [0.05, 0.1) is 0 Å². The number of allylic oxidation sites excluding steroid dienone is 20. The fourth-order valence-corrected chi connectivity index (χ4v) is 9.68. The van der Waals surface area contributed by atoms with E-state index in [0.717, 1.165) is 122 Å². The predicted molar refractivity (Wildman–Crippen MR) is 362 cm³/mol. The highest BCUT2D eigenvalue weighted by atomic mass is 16.6. The molecule has 1 unspecified atom stereocenters. The van der Waals surface area contributed by atoms with Gasteiger partial charge >= 0.3 is 17.9 Å². The maximum atomic E-state index is 13.0. The lowest BCUT2D eigenvalue weighted by atomic mass is 10.1. The van der Waals surface area contributed by atoms with Crippen molar-refractivity contribution in [1.82, 2.24) is 0 Å². The van der Waals surface area contributed by atoms with E-state index in [1.54, 1.807) is 0 Å². The number of carbonyl (C=O) groups excluding carboxylic acids is 3. The minimum Gasteiger partial charge on any atom is -0.462 e. The van der Waals surface area contributed by atoms with E-state index in [1.807, 2.05) is 0 Å². The lowest BCUT2D eigenvalue weighted by Gasteiger charge is -2.18. The first-order valence-electron chi connectivity index (χ1n) is 35.0. The molecular formula is C77H130O6. The van der Waals surface area contributed by atoms with E-state index in [-0.39, 0.29) is 31.1 Å². The van der Waals surface area contributed by atoms with Gasteiger partial charge in [0, 0.05) is 19.3 Å². The molecule has 0 heterocycles. The van der Waals surface area contributed by atoms with Crippen LogP contribution in [-0.2, 0) is 28.6 Å². The van der Waals surface area contributed by atoms with Crippen molar-refractivity contribution in [3.05, 3.63) is 122 Å². The van der Waals surface area contributed by atoms with Crippen LogP contribution in [0.3, 0.4) is 0 Å². The molecule has 0 aromatic carbocycles. The summed E-state index contributed by atoms with van der Waals surface area (Å²) in [5.41, 5.74) is 0. The third-order valence-electron chi connectivity index (χ3n) is 14.9. The molecule has 474 valence electrons. The number of rotatable bonds is 63. The predicted octanol–water partition coefficient (Wildman–Crippen LogP) is 24.3. The van der Waals surface area contributed by atoms with Gasteiger partial charge in [-0.1, -0.05) is 296 Å². The van der Waals surface area contributed by atoms with Gasteiger partial charge < -0.3 is 14.2 Å². The van der Waals surface area contributed by atoms with Gasteiger partial charge in [-0.05, 0) is 135 Å². The highest BCUT2D eigenvalue weighted by Gasteiger charge is 2.19. The van der Waals surface area contributed by atoms with Crippen LogP contribution in [0.1, 0.15) is 329 Å². The Morgan fingerprint density at radius 3 is 0.759 bits per heavy atom. The minimum absolute atomic E-state index is 0.0893. The Bertz CT molecular complexity index is 1700. The number of hydrogen-bond donors (Lipinski definition) is 0. The van der Waals surface area contributed by atoms with E-state index in [4.69, 9.17) is 14.2 Å². The third-order valence-corrected chi connectivity index (χ3v) is 14.9. The SMILES string of the molecule is CC/C=C\C/C=C\C/C=C\C/C=C\CCCCCCCCCCC(=O)OC(COC(=O)CCCCCCCC/C=C\C/C=C\C/C=C\CCCCC)COC(=O)CCCCCCCCCCCC/C=C\C/C=C\C/C=C\CCCCCCC. The smallest absolute Gasteiger partial charge is 0.306 e. The standard InChI is InChI=1S/C77H130O6/c1-4-7-10-13-16-19-22-25-28-31-34-36-37-38-39-41-43-46-49-52-55-58-61-64-67-70-76(79)82-73-74(72-81-75(78)69-66-63-60-57-54-51-48-45-42-33-30-27-24-21-18-15-12-9-6-3)83-77(80)71-68-65-62-59-56-53-50-47-44-40-35-32-29-26-23-20-17-14-11-8-5-2/h8,11,17-18,20-22,25-27,29-31,34-35,37-38,40,42,45,74H,4-7,9-10,12-16,19,23-24,28,32-33,36,39,41,43-44,46-73H2,1-3H3/b11-8-,20-17-,21-18-,25-22-,29-26-,30-27-,34-31-,38-37-,40-35-,45-42-. The molecule has 0 aliphatic heterocycles. The highest BCUT2D eigenvalue weighted by molar-refractivity contribution is 5.71. The first-order chi connectivity index (χ1) is 41.0. The second kappa shape index (κ2) is 70.3. The van der Waals surface area contributed by atoms with Gasteiger partial charge in [-0.2, -0.15) is 0 Å². The fraction of sp³-hybridized carbons (Fsp3) is 0.701. The lowest BCUT2D eigenvalue weighted by molar-refractivity contribution is -0.167. The summed E-state index contributed by atoms with van der Waals surface area (Å²) in [7, 11) is 0. The maximum Gasteiger partial charge on any atom is 0.306 e. The minimum atomic E-state index is -0.796. The van der Waals surface area contributed by atoms with Crippen molar-refractivity contribution in [1.29, 1.82) is 0 Å². The summed E-state index contributed by atoms with van der Waals surface area (Å²) in [5.74, 6) is -0.904. The Morgan fingerprint density at radius 1 is 0.253 bits per heavy atom. The molecule has 0 rings (SSSR count). The quantitative estimate of drug-likeness (QED) is 0.0261. The zero-order valence-electron chi connectivity index (χ0n) is 54.4. The Hall–Kier alpha value is -4.19. The van der Waals surface area contributed by atoms with Crippen LogP contribution in [0.2, 0.25) is 0 Å². The van der Waals surface area contributed by atoms with Crippen LogP contribution in [0.25, 0.3) is 0 Å². The monoisotopic (exact) mass is 1150 g/mol. The molecule has 0 aliphatic carbocycles. The fourth-order valence-electron chi connectivity index (χ4n) is 9.68. The summed E-state index contributed by atoms with van der Waals surface area (Å²) in [6.45, 7) is 6.50. The molecule has 0 N–H and O–H groups in total. The molecular weight excluding hydrogens is 1020 g/mol. The maximum absolute atomic E-state index is 13.0. The summed E-state index contributed by atoms with van der Waals surface area (Å²) >= 11 is 0. The van der Waals surface area contributed by atoms with Crippen LogP contribution in [0.5, 0.6) is 0 Å². The van der Waals surface area contributed by atoms with E-state index < -0.39 is 6.10 Å². The van der Waals surface area contributed by atoms with E-state index in [1.165, 1.54) is 167 Å². The van der Waals surface area contributed by atoms with Gasteiger partial charge in [-0.3, -0.25) is 14.4 Å². The molecule has 83 heavy (non-hydrogen) atoms. The Labute approximate surface area is 513 Å². The Kier molecular flexibility index (Phi) is 66.7. The van der Waals surface area contributed by atoms with Gasteiger partial charge in [0.15, 0.2) is 6.10 Å². The summed E-state index contributed by atoms with van der Waals surface area (Å²) in [4.78, 5) is 38.5. The summed E-state index contributed by atoms with van der Waals surface area (Å²) < 4.78 is 17.0. The summed E-state index contributed by atoms with van der Waals surface area (Å²) in [5, 5.41) is 0. The molecule has 0 saturated carbocycles. The largest absolute Gasteiger partial charge is 0.462 e. The van der Waals surface area contributed by atoms with Crippen LogP contribution in [0.4, 0.5) is 0 Å². The van der Waals surface area contributed by atoms with Gasteiger partial charge in [-0.25, -0.2) is 0 Å². The molecule has 6 heteroatoms. The van der Waals surface area contributed by atoms with Crippen LogP contribution in [0, 0.1) is 0 Å². The van der Waals surface area contributed by atoms with Crippen molar-refractivity contribution in [2.45, 2.75) is 335 Å². The second-order valence-corrected chi connectivity index (χ2v) is 23.1. The topological polar surface area (TPSA) is 78.9 Å². The first-order valence-corrected chi connectivity index (χ1v) is 35.0. The van der Waals surface area contributed by atoms with Crippen molar-refractivity contribution < 1.29 is 28.6 Å². The van der Waals surface area contributed by atoms with E-state index in [9.17, 15) is 14.4 Å². The number of hydrogen-bond acceptors (Lipinski definition) is 6. The average molecular weight is 1150 g/mol. The number of carbonyl (C=O) groups is 3. The number of esters is 3. The number of unbranched alkanes of at least 4 members (excludes halogenated alkanes) is 32. The summed E-state index contributed by atoms with van der Waals surface area (Å²) in [6, 6.07) is 0. The molecule has 0 aliphatic rings. The van der Waals surface area contributed by atoms with Crippen LogP contribution in [0.15, 0.2) is 122 Å². The van der Waals surface area contributed by atoms with Crippen molar-refractivity contribution in [3.8, 4) is 0 Å². The zero-order valence-corrected chi connectivity index (χ0v) is 54.4. The zero-order chi connectivity index (χ0) is 59.9. The highest BCUT2D eigenvalue weighted by Crippen LogP contribution is 2.16. The van der Waals surface area contributed by atoms with E-state index in [2.05, 4.69) is 142 Å². The molecule has 0 aromatic rings. The molecule has 0 amide bonds. The van der Waals surface area contributed by atoms with Crippen LogP contribution < -0.4 is 0 Å². The number of ether oxygens (including phenoxy) is 3. The van der Waals surface area contributed by atoms with Crippen LogP contribution in [-0.4, -0.2) is 37.2 Å². The molecule has 0 radical (unpaired) electrons. The molecule has 0 spiro atoms. The molecule has 0 aromatic heterocycles. The Balaban J connectivity index is 4.42. The van der Waals surface area contributed by atoms with E-state index >= 15 is 0 Å². The molecule has 0 bridgehead atoms. The molecule has 0 fully saturated rings. The second-order valence-electron chi connectivity index (χ2n) is 23.1.